The molecule has 0 spiro atoms. The number of allylic oxidation sites excluding steroid dienone is 1. The van der Waals surface area contributed by atoms with Gasteiger partial charge < -0.3 is 0 Å². The maximum absolute atomic E-state index is 2.11. The lowest BCUT2D eigenvalue weighted by atomic mass is 10.2. The van der Waals surface area contributed by atoms with Gasteiger partial charge in [0, 0.05) is 12.1 Å². The van der Waals surface area contributed by atoms with Gasteiger partial charge in [0.1, 0.15) is 0 Å². The van der Waals surface area contributed by atoms with Gasteiger partial charge in [0.15, 0.2) is 5.37 Å². The van der Waals surface area contributed by atoms with E-state index in [1.54, 1.807) is 11.4 Å². The largest absolute Gasteiger partial charge is 0.230 e. The highest BCUT2D eigenvalue weighted by Crippen LogP contribution is 2.00. The molecule has 0 bridgehead atoms. The highest BCUT2D eigenvalue weighted by Gasteiger charge is 1.95. The summed E-state index contributed by atoms with van der Waals surface area (Å²) in [5, 5.41) is 2.10. The fourth-order valence-electron chi connectivity index (χ4n) is 1.33. The van der Waals surface area contributed by atoms with Crippen LogP contribution in [0.2, 0.25) is 0 Å². The summed E-state index contributed by atoms with van der Waals surface area (Å²) in [5.74, 6) is 0. The van der Waals surface area contributed by atoms with E-state index in [2.05, 4.69) is 53.9 Å². The molecule has 0 N–H and O–H groups in total. The molecule has 2 aromatic carbocycles. The van der Waals surface area contributed by atoms with Crippen molar-refractivity contribution in [2.24, 2.45) is 0 Å². The van der Waals surface area contributed by atoms with E-state index in [4.69, 9.17) is 0 Å². The van der Waals surface area contributed by atoms with Gasteiger partial charge >= 0.3 is 0 Å². The fraction of sp³-hybridized carbons (Fsp3) is 0. The van der Waals surface area contributed by atoms with Crippen LogP contribution in [-0.2, 0) is 11.4 Å². The van der Waals surface area contributed by atoms with E-state index in [9.17, 15) is 0 Å². The van der Waals surface area contributed by atoms with Gasteiger partial charge in [-0.15, -0.1) is 0 Å². The molecule has 0 nitrogen and oxygen atoms in total. The van der Waals surface area contributed by atoms with Crippen LogP contribution in [0.5, 0.6) is 0 Å². The van der Waals surface area contributed by atoms with Crippen molar-refractivity contribution >= 4 is 22.8 Å². The van der Waals surface area contributed by atoms with Gasteiger partial charge in [-0.25, -0.2) is 0 Å². The summed E-state index contributed by atoms with van der Waals surface area (Å²) in [6, 6.07) is 20.7. The fourth-order valence-corrected chi connectivity index (χ4v) is 1.96. The number of rotatable bonds is 3. The quantitative estimate of drug-likeness (QED) is 0.425. The van der Waals surface area contributed by atoms with Crippen LogP contribution in [-0.4, -0.2) is 5.37 Å². The Morgan fingerprint density at radius 3 is 2.06 bits per heavy atom. The van der Waals surface area contributed by atoms with E-state index < -0.39 is 0 Å². The predicted molar refractivity (Wildman–Crippen MR) is 73.6 cm³/mol. The Hall–Kier alpha value is -1.73. The molecule has 0 saturated heterocycles. The first-order valence-electron chi connectivity index (χ1n) is 5.22. The lowest BCUT2D eigenvalue weighted by Crippen LogP contribution is -1.75. The lowest BCUT2D eigenvalue weighted by Gasteiger charge is -1.86. The molecule has 0 atom stereocenters. The van der Waals surface area contributed by atoms with Crippen molar-refractivity contribution in [1.82, 2.24) is 0 Å². The summed E-state index contributed by atoms with van der Waals surface area (Å²) < 4.78 is 0. The lowest BCUT2D eigenvalue weighted by molar-refractivity contribution is 1.48. The SMILES string of the molecule is C(/C=C/c1ccccc1)=[S+]c1ccccc1. The monoisotopic (exact) mass is 225 g/mol. The molecule has 0 heterocycles. The zero-order valence-corrected chi connectivity index (χ0v) is 9.73. The average molecular weight is 225 g/mol. The molecule has 0 radical (unpaired) electrons. The van der Waals surface area contributed by atoms with Crippen LogP contribution in [0.15, 0.2) is 71.6 Å². The molecule has 16 heavy (non-hydrogen) atoms. The van der Waals surface area contributed by atoms with Crippen LogP contribution in [0.1, 0.15) is 5.56 Å². The molecule has 0 aliphatic rings. The minimum atomic E-state index is 1.23. The average Bonchev–Trinajstić information content (AvgIpc) is 2.37. The van der Waals surface area contributed by atoms with E-state index in [1.807, 2.05) is 24.3 Å². The third kappa shape index (κ3) is 3.44. The zero-order chi connectivity index (χ0) is 11.1. The van der Waals surface area contributed by atoms with Crippen molar-refractivity contribution in [3.8, 4) is 0 Å². The van der Waals surface area contributed by atoms with Crippen molar-refractivity contribution in [1.29, 1.82) is 0 Å². The Balaban J connectivity index is 1.98. The molecule has 0 amide bonds. The number of hydrogen-bond acceptors (Lipinski definition) is 0. The Morgan fingerprint density at radius 2 is 1.38 bits per heavy atom. The molecule has 0 unspecified atom stereocenters. The second-order valence-corrected chi connectivity index (χ2v) is 4.32. The molecular weight excluding hydrogens is 212 g/mol. The molecular formula is C15H13S+. The van der Waals surface area contributed by atoms with E-state index in [1.165, 1.54) is 10.5 Å². The number of benzene rings is 2. The Labute approximate surface area is 100 Å². The van der Waals surface area contributed by atoms with Gasteiger partial charge in [-0.05, 0) is 11.6 Å². The molecule has 0 saturated carbocycles. The highest BCUT2D eigenvalue weighted by atomic mass is 32.1. The maximum atomic E-state index is 2.11. The van der Waals surface area contributed by atoms with E-state index >= 15 is 0 Å². The Morgan fingerprint density at radius 1 is 0.750 bits per heavy atom. The van der Waals surface area contributed by atoms with Gasteiger partial charge in [-0.2, -0.15) is 0 Å². The van der Waals surface area contributed by atoms with Crippen LogP contribution in [0.4, 0.5) is 0 Å². The minimum Gasteiger partial charge on any atom is -0.0622 e. The third-order valence-corrected chi connectivity index (χ3v) is 2.95. The molecule has 2 aromatic rings. The molecule has 0 aliphatic heterocycles. The summed E-state index contributed by atoms with van der Waals surface area (Å²) in [5.41, 5.74) is 1.23. The van der Waals surface area contributed by atoms with Crippen LogP contribution in [0.3, 0.4) is 0 Å². The highest BCUT2D eigenvalue weighted by molar-refractivity contribution is 7.77. The smallest absolute Gasteiger partial charge is 0.0622 e. The first kappa shape index (κ1) is 10.8. The van der Waals surface area contributed by atoms with Crippen LogP contribution in [0, 0.1) is 0 Å². The first-order valence-corrected chi connectivity index (χ1v) is 6.10. The topological polar surface area (TPSA) is 0 Å². The van der Waals surface area contributed by atoms with Gasteiger partial charge in [0.05, 0.1) is 0 Å². The van der Waals surface area contributed by atoms with Crippen molar-refractivity contribution < 1.29 is 0 Å². The van der Waals surface area contributed by atoms with Crippen molar-refractivity contribution in [2.45, 2.75) is 4.90 Å². The Kier molecular flexibility index (Phi) is 4.03. The summed E-state index contributed by atoms with van der Waals surface area (Å²) in [6.45, 7) is 0. The second-order valence-electron chi connectivity index (χ2n) is 3.34. The minimum absolute atomic E-state index is 1.23. The van der Waals surface area contributed by atoms with Crippen molar-refractivity contribution in [3.63, 3.8) is 0 Å². The molecule has 0 aromatic heterocycles. The molecule has 2 rings (SSSR count). The maximum Gasteiger partial charge on any atom is 0.230 e. The predicted octanol–water partition coefficient (Wildman–Crippen LogP) is 3.64. The van der Waals surface area contributed by atoms with Gasteiger partial charge in [0.25, 0.3) is 0 Å². The van der Waals surface area contributed by atoms with Gasteiger partial charge in [-0.1, -0.05) is 54.6 Å². The van der Waals surface area contributed by atoms with Gasteiger partial charge in [-0.3, -0.25) is 0 Å². The van der Waals surface area contributed by atoms with Crippen molar-refractivity contribution in [2.75, 3.05) is 0 Å². The molecule has 0 aliphatic carbocycles. The van der Waals surface area contributed by atoms with Crippen LogP contribution < -0.4 is 0 Å². The molecule has 1 heteroatoms. The Bertz CT molecular complexity index is 422. The van der Waals surface area contributed by atoms with Crippen LogP contribution in [0.25, 0.3) is 6.08 Å². The van der Waals surface area contributed by atoms with Crippen LogP contribution >= 0.6 is 0 Å². The summed E-state index contributed by atoms with van der Waals surface area (Å²) in [4.78, 5) is 1.26. The third-order valence-electron chi connectivity index (χ3n) is 2.11. The summed E-state index contributed by atoms with van der Waals surface area (Å²) in [6.07, 6.45) is 4.18. The standard InChI is InChI=1S/C15H13S/c1-3-8-14(9-4-1)10-7-13-16-15-11-5-2-6-12-15/h1-13H/q+1/b10-7+. The molecule has 0 fully saturated rings. The zero-order valence-electron chi connectivity index (χ0n) is 8.91. The van der Waals surface area contributed by atoms with E-state index in [-0.39, 0.29) is 0 Å². The van der Waals surface area contributed by atoms with E-state index in [0.717, 1.165) is 0 Å². The first-order chi connectivity index (χ1) is 7.95. The molecule has 78 valence electrons. The summed E-state index contributed by atoms with van der Waals surface area (Å²) in [7, 11) is 0. The van der Waals surface area contributed by atoms with E-state index in [0.29, 0.717) is 0 Å². The van der Waals surface area contributed by atoms with Crippen molar-refractivity contribution in [3.05, 3.63) is 72.3 Å². The normalized spacial score (nSPS) is 11.2. The second kappa shape index (κ2) is 5.99. The number of hydrogen-bond donors (Lipinski definition) is 0. The van der Waals surface area contributed by atoms with Gasteiger partial charge in [0.2, 0.25) is 16.2 Å². The summed E-state index contributed by atoms with van der Waals surface area (Å²) >= 11 is 1.73.